The van der Waals surface area contributed by atoms with Crippen molar-refractivity contribution in [3.63, 3.8) is 0 Å². The maximum atomic E-state index is 4.94. The Bertz CT molecular complexity index is 1780. The first-order valence-electron chi connectivity index (χ1n) is 13.1. The summed E-state index contributed by atoms with van der Waals surface area (Å²) in [6.45, 7) is 13.8. The first-order valence-corrected chi connectivity index (χ1v) is 14.8. The van der Waals surface area contributed by atoms with E-state index >= 15 is 0 Å². The molecule has 0 atom stereocenters. The summed E-state index contributed by atoms with van der Waals surface area (Å²) in [4.78, 5) is 7.78. The van der Waals surface area contributed by atoms with Gasteiger partial charge in [-0.05, 0) is 76.9 Å². The van der Waals surface area contributed by atoms with Gasteiger partial charge in [0, 0.05) is 47.3 Å². The Morgan fingerprint density at radius 1 is 0.838 bits per heavy atom. The van der Waals surface area contributed by atoms with Gasteiger partial charge in [0.25, 0.3) is 0 Å². The van der Waals surface area contributed by atoms with Gasteiger partial charge in [-0.1, -0.05) is 71.0 Å². The summed E-state index contributed by atoms with van der Waals surface area (Å²) in [6.07, 6.45) is 3.12. The Balaban J connectivity index is 1.55. The first kappa shape index (κ1) is 24.3. The van der Waals surface area contributed by atoms with Gasteiger partial charge in [-0.2, -0.15) is 0 Å². The zero-order valence-corrected chi connectivity index (χ0v) is 24.1. The second kappa shape index (κ2) is 9.08. The molecule has 6 aromatic rings. The van der Waals surface area contributed by atoms with Crippen LogP contribution in [0, 0.1) is 12.8 Å². The van der Waals surface area contributed by atoms with Crippen LogP contribution in [0.25, 0.3) is 52.6 Å². The minimum Gasteiger partial charge on any atom is -0.256 e. The quantitative estimate of drug-likeness (QED) is 0.226. The lowest BCUT2D eigenvalue weighted by molar-refractivity contribution is 0.596. The van der Waals surface area contributed by atoms with E-state index in [2.05, 4.69) is 108 Å². The number of pyridine rings is 1. The molecule has 37 heavy (non-hydrogen) atoms. The molecule has 0 saturated heterocycles. The summed E-state index contributed by atoms with van der Waals surface area (Å²) in [5.74, 6) is 0.660. The lowest BCUT2D eigenvalue weighted by Gasteiger charge is -2.22. The highest BCUT2D eigenvalue weighted by atomic mass is 32.1. The van der Waals surface area contributed by atoms with Crippen LogP contribution in [0.15, 0.2) is 72.9 Å². The lowest BCUT2D eigenvalue weighted by Crippen LogP contribution is -2.12. The molecule has 0 bridgehead atoms. The van der Waals surface area contributed by atoms with Crippen LogP contribution in [0.2, 0.25) is 0 Å². The van der Waals surface area contributed by atoms with Crippen molar-refractivity contribution in [3.8, 4) is 21.7 Å². The highest BCUT2D eigenvalue weighted by molar-refractivity contribution is 7.22. The SMILES string of the molecule is Cc1c(CC(C)C)sc2cccc(-c3cc4c(-c5cc(C(C)(C)C)c6ccccc6c5)nccc4s3)c12. The molecule has 0 radical (unpaired) electrons. The van der Waals surface area contributed by atoms with Crippen LogP contribution >= 0.6 is 22.7 Å². The van der Waals surface area contributed by atoms with Crippen molar-refractivity contribution in [1.82, 2.24) is 4.98 Å². The van der Waals surface area contributed by atoms with E-state index in [9.17, 15) is 0 Å². The van der Waals surface area contributed by atoms with Crippen molar-refractivity contribution in [2.24, 2.45) is 5.92 Å². The zero-order chi connectivity index (χ0) is 25.9. The maximum Gasteiger partial charge on any atom is 0.0789 e. The van der Waals surface area contributed by atoms with E-state index in [0.29, 0.717) is 5.92 Å². The molecular formula is C34H33NS2. The smallest absolute Gasteiger partial charge is 0.0789 e. The van der Waals surface area contributed by atoms with Gasteiger partial charge in [-0.15, -0.1) is 22.7 Å². The number of hydrogen-bond acceptors (Lipinski definition) is 3. The topological polar surface area (TPSA) is 12.9 Å². The summed E-state index contributed by atoms with van der Waals surface area (Å²) in [5.41, 5.74) is 6.48. The molecule has 3 aromatic carbocycles. The van der Waals surface area contributed by atoms with Gasteiger partial charge in [0.15, 0.2) is 0 Å². The molecule has 0 aliphatic rings. The number of nitrogens with zero attached hydrogens (tertiary/aromatic N) is 1. The summed E-state index contributed by atoms with van der Waals surface area (Å²) in [6, 6.07) is 24.8. The fourth-order valence-corrected chi connectivity index (χ4v) is 8.05. The molecule has 0 spiro atoms. The highest BCUT2D eigenvalue weighted by Gasteiger charge is 2.21. The van der Waals surface area contributed by atoms with Crippen molar-refractivity contribution in [2.75, 3.05) is 0 Å². The number of hydrogen-bond donors (Lipinski definition) is 0. The van der Waals surface area contributed by atoms with Gasteiger partial charge in [-0.3, -0.25) is 4.98 Å². The Hall–Kier alpha value is -3.01. The van der Waals surface area contributed by atoms with Crippen molar-refractivity contribution in [2.45, 2.75) is 53.4 Å². The third kappa shape index (κ3) is 4.28. The van der Waals surface area contributed by atoms with E-state index in [4.69, 9.17) is 4.98 Å². The zero-order valence-electron chi connectivity index (χ0n) is 22.5. The molecule has 1 nitrogen and oxygen atoms in total. The summed E-state index contributed by atoms with van der Waals surface area (Å²) >= 11 is 3.85. The average Bonchev–Trinajstić information content (AvgIpc) is 3.43. The Labute approximate surface area is 227 Å². The minimum atomic E-state index is 0.0448. The van der Waals surface area contributed by atoms with E-state index in [1.165, 1.54) is 63.0 Å². The molecule has 0 amide bonds. The second-order valence-corrected chi connectivity index (χ2v) is 13.8. The third-order valence-electron chi connectivity index (χ3n) is 7.30. The van der Waals surface area contributed by atoms with E-state index in [1.807, 2.05) is 28.9 Å². The van der Waals surface area contributed by atoms with Crippen LogP contribution in [0.4, 0.5) is 0 Å². The Morgan fingerprint density at radius 3 is 2.43 bits per heavy atom. The molecule has 3 heterocycles. The number of aryl methyl sites for hydroxylation is 1. The number of benzene rings is 3. The van der Waals surface area contributed by atoms with Gasteiger partial charge >= 0.3 is 0 Å². The highest BCUT2D eigenvalue weighted by Crippen LogP contribution is 2.44. The van der Waals surface area contributed by atoms with Crippen LogP contribution in [0.3, 0.4) is 0 Å². The summed E-state index contributed by atoms with van der Waals surface area (Å²) in [7, 11) is 0. The maximum absolute atomic E-state index is 4.94. The summed E-state index contributed by atoms with van der Waals surface area (Å²) < 4.78 is 2.68. The molecule has 0 aliphatic heterocycles. The minimum absolute atomic E-state index is 0.0448. The molecule has 0 N–H and O–H groups in total. The van der Waals surface area contributed by atoms with Gasteiger partial charge in [0.2, 0.25) is 0 Å². The van der Waals surface area contributed by atoms with E-state index < -0.39 is 0 Å². The van der Waals surface area contributed by atoms with E-state index in [-0.39, 0.29) is 5.41 Å². The van der Waals surface area contributed by atoms with Crippen LogP contribution < -0.4 is 0 Å². The molecule has 6 rings (SSSR count). The molecule has 186 valence electrons. The van der Waals surface area contributed by atoms with Crippen molar-refractivity contribution in [1.29, 1.82) is 0 Å². The molecule has 0 saturated carbocycles. The monoisotopic (exact) mass is 519 g/mol. The van der Waals surface area contributed by atoms with Gasteiger partial charge in [0.05, 0.1) is 5.69 Å². The summed E-state index contributed by atoms with van der Waals surface area (Å²) in [5, 5.41) is 5.26. The number of fused-ring (bicyclic) bond motifs is 3. The number of thiophene rings is 2. The first-order chi connectivity index (χ1) is 17.7. The predicted molar refractivity (Wildman–Crippen MR) is 165 cm³/mol. The fraction of sp³-hybridized carbons (Fsp3) is 0.265. The number of rotatable bonds is 4. The molecule has 3 heteroatoms. The van der Waals surface area contributed by atoms with Crippen LogP contribution in [0.5, 0.6) is 0 Å². The molecule has 0 unspecified atom stereocenters. The molecular weight excluding hydrogens is 487 g/mol. The molecule has 0 fully saturated rings. The van der Waals surface area contributed by atoms with Crippen LogP contribution in [-0.4, -0.2) is 4.98 Å². The third-order valence-corrected chi connectivity index (χ3v) is 9.71. The van der Waals surface area contributed by atoms with Crippen molar-refractivity contribution < 1.29 is 0 Å². The fourth-order valence-electron chi connectivity index (χ4n) is 5.52. The second-order valence-electron chi connectivity index (χ2n) is 11.6. The van der Waals surface area contributed by atoms with E-state index in [1.54, 1.807) is 0 Å². The van der Waals surface area contributed by atoms with Crippen molar-refractivity contribution in [3.05, 3.63) is 88.9 Å². The molecule has 0 aliphatic carbocycles. The Morgan fingerprint density at radius 2 is 1.65 bits per heavy atom. The normalized spacial score (nSPS) is 12.4. The van der Waals surface area contributed by atoms with Crippen LogP contribution in [-0.2, 0) is 11.8 Å². The molecule has 3 aromatic heterocycles. The van der Waals surface area contributed by atoms with Gasteiger partial charge in [0.1, 0.15) is 0 Å². The lowest BCUT2D eigenvalue weighted by atomic mass is 9.82. The average molecular weight is 520 g/mol. The predicted octanol–water partition coefficient (Wildman–Crippen LogP) is 10.8. The van der Waals surface area contributed by atoms with Crippen molar-refractivity contribution >= 4 is 53.6 Å². The van der Waals surface area contributed by atoms with Gasteiger partial charge < -0.3 is 0 Å². The standard InChI is InChI=1S/C34H33NS2/c1-20(2)16-30-21(3)32-25(12-9-13-29(32)37-30)31-19-26-28(36-31)14-15-35-33(26)23-17-22-10-7-8-11-24(22)27(18-23)34(4,5)6/h7-15,17-20H,16H2,1-6H3. The largest absolute Gasteiger partial charge is 0.256 e. The number of aromatic nitrogens is 1. The van der Waals surface area contributed by atoms with E-state index in [0.717, 1.165) is 12.1 Å². The van der Waals surface area contributed by atoms with Crippen LogP contribution in [0.1, 0.15) is 50.6 Å². The van der Waals surface area contributed by atoms with Gasteiger partial charge in [-0.25, -0.2) is 0 Å². The Kier molecular flexibility index (Phi) is 5.97.